The molecule has 3 nitrogen and oxygen atoms in total. The molecule has 1 atom stereocenters. The molecule has 0 heterocycles. The van der Waals surface area contributed by atoms with Crippen LogP contribution in [0.25, 0.3) is 0 Å². The van der Waals surface area contributed by atoms with Gasteiger partial charge in [-0.05, 0) is 63.8 Å². The highest BCUT2D eigenvalue weighted by Crippen LogP contribution is 2.27. The van der Waals surface area contributed by atoms with Crippen molar-refractivity contribution in [2.45, 2.75) is 20.0 Å². The number of aryl methyl sites for hydroxylation is 2. The lowest BCUT2D eigenvalue weighted by Gasteiger charge is -2.25. The average molecular weight is 222 g/mol. The van der Waals surface area contributed by atoms with Crippen LogP contribution in [0.5, 0.6) is 5.75 Å². The van der Waals surface area contributed by atoms with Gasteiger partial charge < -0.3 is 10.1 Å². The van der Waals surface area contributed by atoms with Crippen molar-refractivity contribution in [1.29, 1.82) is 0 Å². The Morgan fingerprint density at radius 3 is 2.00 bits per heavy atom. The van der Waals surface area contributed by atoms with Crippen molar-refractivity contribution in [1.82, 2.24) is 10.2 Å². The van der Waals surface area contributed by atoms with Crippen molar-refractivity contribution in [2.24, 2.45) is 0 Å². The van der Waals surface area contributed by atoms with Crippen molar-refractivity contribution in [3.05, 3.63) is 28.8 Å². The Kier molecular flexibility index (Phi) is 4.33. The Morgan fingerprint density at radius 2 is 1.69 bits per heavy atom. The Bertz CT molecular complexity index is 338. The third-order valence-electron chi connectivity index (χ3n) is 2.79. The fourth-order valence-corrected chi connectivity index (χ4v) is 2.19. The minimum atomic E-state index is 0.239. The fraction of sp³-hybridized carbons (Fsp3) is 0.538. The largest absolute Gasteiger partial charge is 0.496 e. The van der Waals surface area contributed by atoms with Gasteiger partial charge in [0.05, 0.1) is 13.3 Å². The predicted octanol–water partition coefficient (Wildman–Crippen LogP) is 2.09. The van der Waals surface area contributed by atoms with Gasteiger partial charge in [0, 0.05) is 0 Å². The second kappa shape index (κ2) is 5.32. The standard InChI is InChI=1S/C13H22N2O/c1-9-7-11(13(14-3)15(4)5)8-10(2)12(9)16-6/h7-8,13-14H,1-6H3. The van der Waals surface area contributed by atoms with Gasteiger partial charge in [-0.3, -0.25) is 4.90 Å². The summed E-state index contributed by atoms with van der Waals surface area (Å²) in [5, 5.41) is 3.29. The van der Waals surface area contributed by atoms with E-state index in [1.165, 1.54) is 16.7 Å². The van der Waals surface area contributed by atoms with Crippen molar-refractivity contribution in [2.75, 3.05) is 28.3 Å². The smallest absolute Gasteiger partial charge is 0.124 e. The number of benzene rings is 1. The molecule has 0 aliphatic rings. The van der Waals surface area contributed by atoms with Gasteiger partial charge in [-0.1, -0.05) is 0 Å². The molecule has 16 heavy (non-hydrogen) atoms. The van der Waals surface area contributed by atoms with E-state index in [4.69, 9.17) is 4.74 Å². The summed E-state index contributed by atoms with van der Waals surface area (Å²) in [6, 6.07) is 4.35. The lowest BCUT2D eigenvalue weighted by molar-refractivity contribution is 0.264. The highest BCUT2D eigenvalue weighted by atomic mass is 16.5. The zero-order valence-corrected chi connectivity index (χ0v) is 11.1. The van der Waals surface area contributed by atoms with Crippen LogP contribution < -0.4 is 10.1 Å². The monoisotopic (exact) mass is 222 g/mol. The first-order valence-electron chi connectivity index (χ1n) is 5.50. The molecule has 1 unspecified atom stereocenters. The zero-order chi connectivity index (χ0) is 12.3. The number of ether oxygens (including phenoxy) is 1. The van der Waals surface area contributed by atoms with Crippen molar-refractivity contribution in [3.63, 3.8) is 0 Å². The van der Waals surface area contributed by atoms with Crippen LogP contribution in [-0.4, -0.2) is 33.2 Å². The SMILES string of the molecule is CNC(c1cc(C)c(OC)c(C)c1)N(C)C. The zero-order valence-electron chi connectivity index (χ0n) is 11.1. The molecule has 1 aromatic carbocycles. The summed E-state index contributed by atoms with van der Waals surface area (Å²) >= 11 is 0. The Morgan fingerprint density at radius 1 is 1.19 bits per heavy atom. The van der Waals surface area contributed by atoms with E-state index in [-0.39, 0.29) is 6.17 Å². The van der Waals surface area contributed by atoms with Gasteiger partial charge in [-0.2, -0.15) is 0 Å². The predicted molar refractivity (Wildman–Crippen MR) is 68.0 cm³/mol. The number of nitrogens with zero attached hydrogens (tertiary/aromatic N) is 1. The van der Waals surface area contributed by atoms with Crippen LogP contribution in [0.2, 0.25) is 0 Å². The third-order valence-corrected chi connectivity index (χ3v) is 2.79. The topological polar surface area (TPSA) is 24.5 Å². The van der Waals surface area contributed by atoms with Crippen LogP contribution in [0.3, 0.4) is 0 Å². The lowest BCUT2D eigenvalue weighted by Crippen LogP contribution is -2.30. The van der Waals surface area contributed by atoms with E-state index in [0.29, 0.717) is 0 Å². The van der Waals surface area contributed by atoms with Crippen LogP contribution in [0.1, 0.15) is 22.9 Å². The molecule has 0 spiro atoms. The first-order valence-corrected chi connectivity index (χ1v) is 5.50. The second-order valence-corrected chi connectivity index (χ2v) is 4.34. The maximum absolute atomic E-state index is 5.37. The minimum absolute atomic E-state index is 0.239. The molecule has 1 aromatic rings. The molecule has 0 amide bonds. The van der Waals surface area contributed by atoms with E-state index in [0.717, 1.165) is 5.75 Å². The number of hydrogen-bond donors (Lipinski definition) is 1. The van der Waals surface area contributed by atoms with E-state index >= 15 is 0 Å². The van der Waals surface area contributed by atoms with Crippen molar-refractivity contribution < 1.29 is 4.74 Å². The number of rotatable bonds is 4. The molecule has 0 saturated carbocycles. The Labute approximate surface area is 98.4 Å². The number of hydrogen-bond acceptors (Lipinski definition) is 3. The van der Waals surface area contributed by atoms with Crippen molar-refractivity contribution >= 4 is 0 Å². The maximum atomic E-state index is 5.37. The van der Waals surface area contributed by atoms with E-state index < -0.39 is 0 Å². The molecule has 90 valence electrons. The highest BCUT2D eigenvalue weighted by molar-refractivity contribution is 5.44. The summed E-state index contributed by atoms with van der Waals surface area (Å²) < 4.78 is 5.37. The van der Waals surface area contributed by atoms with Gasteiger partial charge in [-0.25, -0.2) is 0 Å². The molecule has 0 aliphatic carbocycles. The van der Waals surface area contributed by atoms with Crippen LogP contribution in [0, 0.1) is 13.8 Å². The summed E-state index contributed by atoms with van der Waals surface area (Å²) in [4.78, 5) is 2.15. The molecule has 0 radical (unpaired) electrons. The molecule has 1 rings (SSSR count). The average Bonchev–Trinajstić information content (AvgIpc) is 2.17. The van der Waals surface area contributed by atoms with Gasteiger partial charge in [0.15, 0.2) is 0 Å². The van der Waals surface area contributed by atoms with Crippen LogP contribution in [-0.2, 0) is 0 Å². The summed E-state index contributed by atoms with van der Waals surface area (Å²) in [6.07, 6.45) is 0.239. The Balaban J connectivity index is 3.16. The van der Waals surface area contributed by atoms with E-state index in [1.807, 2.05) is 7.05 Å². The van der Waals surface area contributed by atoms with Crippen LogP contribution in [0.4, 0.5) is 0 Å². The first-order chi connectivity index (χ1) is 7.51. The lowest BCUT2D eigenvalue weighted by atomic mass is 10.0. The molecule has 0 aliphatic heterocycles. The first kappa shape index (κ1) is 13.0. The normalized spacial score (nSPS) is 12.9. The molecule has 3 heteroatoms. The number of methoxy groups -OCH3 is 1. The summed E-state index contributed by atoms with van der Waals surface area (Å²) in [6.45, 7) is 4.16. The summed E-state index contributed by atoms with van der Waals surface area (Å²) in [5.41, 5.74) is 3.63. The Hall–Kier alpha value is -1.06. The molecule has 0 aromatic heterocycles. The maximum Gasteiger partial charge on any atom is 0.124 e. The van der Waals surface area contributed by atoms with Gasteiger partial charge in [-0.15, -0.1) is 0 Å². The minimum Gasteiger partial charge on any atom is -0.496 e. The molecular formula is C13H22N2O. The quantitative estimate of drug-likeness (QED) is 0.790. The second-order valence-electron chi connectivity index (χ2n) is 4.34. The van der Waals surface area contributed by atoms with Crippen LogP contribution >= 0.6 is 0 Å². The fourth-order valence-electron chi connectivity index (χ4n) is 2.19. The van der Waals surface area contributed by atoms with E-state index in [1.54, 1.807) is 7.11 Å². The van der Waals surface area contributed by atoms with E-state index in [2.05, 4.69) is 50.3 Å². The molecule has 0 fully saturated rings. The molecule has 0 bridgehead atoms. The number of nitrogens with one attached hydrogen (secondary N) is 1. The third kappa shape index (κ3) is 2.54. The van der Waals surface area contributed by atoms with E-state index in [9.17, 15) is 0 Å². The molecule has 1 N–H and O–H groups in total. The van der Waals surface area contributed by atoms with Crippen LogP contribution in [0.15, 0.2) is 12.1 Å². The summed E-state index contributed by atoms with van der Waals surface area (Å²) in [7, 11) is 7.82. The summed E-state index contributed by atoms with van der Waals surface area (Å²) in [5.74, 6) is 0.984. The van der Waals surface area contributed by atoms with Gasteiger partial charge in [0.1, 0.15) is 5.75 Å². The van der Waals surface area contributed by atoms with Gasteiger partial charge >= 0.3 is 0 Å². The van der Waals surface area contributed by atoms with Gasteiger partial charge in [0.25, 0.3) is 0 Å². The molecule has 0 saturated heterocycles. The molecular weight excluding hydrogens is 200 g/mol. The highest BCUT2D eigenvalue weighted by Gasteiger charge is 2.14. The van der Waals surface area contributed by atoms with Gasteiger partial charge in [0.2, 0.25) is 0 Å². The van der Waals surface area contributed by atoms with Crippen molar-refractivity contribution in [3.8, 4) is 5.75 Å².